The fourth-order valence-electron chi connectivity index (χ4n) is 2.45. The number of sulfonamides is 1. The van der Waals surface area contributed by atoms with Gasteiger partial charge in [-0.15, -0.1) is 24.0 Å². The largest absolute Gasteiger partial charge is 0.357 e. The zero-order valence-corrected chi connectivity index (χ0v) is 18.1. The minimum absolute atomic E-state index is 0. The maximum atomic E-state index is 13.6. The van der Waals surface area contributed by atoms with E-state index in [-0.39, 0.29) is 48.6 Å². The highest BCUT2D eigenvalue weighted by Crippen LogP contribution is 2.25. The Morgan fingerprint density at radius 2 is 2.00 bits per heavy atom. The lowest BCUT2D eigenvalue weighted by Gasteiger charge is -2.25. The molecule has 0 saturated heterocycles. The number of rotatable bonds is 9. The summed E-state index contributed by atoms with van der Waals surface area (Å²) in [6, 6.07) is 6.46. The van der Waals surface area contributed by atoms with E-state index in [2.05, 4.69) is 20.3 Å². The van der Waals surface area contributed by atoms with Crippen LogP contribution < -0.4 is 15.4 Å². The number of benzene rings is 1. The summed E-state index contributed by atoms with van der Waals surface area (Å²) >= 11 is 0. The predicted octanol–water partition coefficient (Wildman–Crippen LogP) is 2.22. The van der Waals surface area contributed by atoms with Gasteiger partial charge in [0.1, 0.15) is 5.82 Å². The fourth-order valence-corrected chi connectivity index (χ4v) is 3.46. The van der Waals surface area contributed by atoms with E-state index in [0.29, 0.717) is 30.5 Å². The number of hydrogen-bond acceptors (Lipinski definition) is 3. The van der Waals surface area contributed by atoms with Gasteiger partial charge in [0.2, 0.25) is 10.0 Å². The Labute approximate surface area is 172 Å². The lowest BCUT2D eigenvalue weighted by molar-refractivity contribution is 0.316. The van der Waals surface area contributed by atoms with Gasteiger partial charge < -0.3 is 10.6 Å². The lowest BCUT2D eigenvalue weighted by atomic mass is 9.86. The summed E-state index contributed by atoms with van der Waals surface area (Å²) in [4.78, 5) is 4.30. The number of aliphatic imine (C=N–C) groups is 1. The van der Waals surface area contributed by atoms with Crippen LogP contribution in [0.4, 0.5) is 4.39 Å². The second-order valence-electron chi connectivity index (χ2n) is 6.18. The molecule has 1 aliphatic carbocycles. The van der Waals surface area contributed by atoms with Crippen molar-refractivity contribution in [3.8, 4) is 0 Å². The molecule has 0 radical (unpaired) electrons. The minimum atomic E-state index is -3.29. The van der Waals surface area contributed by atoms with Crippen LogP contribution in [0, 0.1) is 11.7 Å². The SMILES string of the molecule is CCNC(=NCc1ccccc1F)NCCS(=O)(=O)NCC1CCC1.I. The summed E-state index contributed by atoms with van der Waals surface area (Å²) in [5.74, 6) is 0.635. The molecule has 0 atom stereocenters. The summed E-state index contributed by atoms with van der Waals surface area (Å²) in [6.07, 6.45) is 3.40. The first-order valence-electron chi connectivity index (χ1n) is 8.73. The van der Waals surface area contributed by atoms with Gasteiger partial charge in [0.05, 0.1) is 12.3 Å². The van der Waals surface area contributed by atoms with Crippen LogP contribution >= 0.6 is 24.0 Å². The first-order valence-corrected chi connectivity index (χ1v) is 10.4. The molecule has 0 bridgehead atoms. The van der Waals surface area contributed by atoms with Crippen LogP contribution in [-0.4, -0.2) is 39.8 Å². The molecule has 148 valence electrons. The second kappa shape index (κ2) is 11.7. The van der Waals surface area contributed by atoms with Gasteiger partial charge in [-0.3, -0.25) is 0 Å². The van der Waals surface area contributed by atoms with E-state index < -0.39 is 10.0 Å². The second-order valence-corrected chi connectivity index (χ2v) is 8.10. The van der Waals surface area contributed by atoms with E-state index in [1.165, 1.54) is 12.5 Å². The van der Waals surface area contributed by atoms with Gasteiger partial charge in [-0.05, 0) is 31.7 Å². The molecular formula is C17H28FIN4O2S. The molecule has 3 N–H and O–H groups in total. The van der Waals surface area contributed by atoms with E-state index in [1.54, 1.807) is 18.2 Å². The van der Waals surface area contributed by atoms with Crippen LogP contribution in [0.15, 0.2) is 29.3 Å². The van der Waals surface area contributed by atoms with E-state index in [1.807, 2.05) is 6.92 Å². The third-order valence-electron chi connectivity index (χ3n) is 4.19. The Kier molecular flexibility index (Phi) is 10.4. The minimum Gasteiger partial charge on any atom is -0.357 e. The number of hydrogen-bond donors (Lipinski definition) is 3. The molecule has 1 aliphatic rings. The van der Waals surface area contributed by atoms with Gasteiger partial charge in [-0.25, -0.2) is 22.5 Å². The number of nitrogens with one attached hydrogen (secondary N) is 3. The number of nitrogens with zero attached hydrogens (tertiary/aromatic N) is 1. The van der Waals surface area contributed by atoms with Gasteiger partial charge in [-0.2, -0.15) is 0 Å². The van der Waals surface area contributed by atoms with Crippen molar-refractivity contribution < 1.29 is 12.8 Å². The number of halogens is 2. The van der Waals surface area contributed by atoms with Crippen LogP contribution in [0.3, 0.4) is 0 Å². The zero-order chi connectivity index (χ0) is 18.1. The van der Waals surface area contributed by atoms with Crippen LogP contribution in [0.5, 0.6) is 0 Å². The molecule has 9 heteroatoms. The first-order chi connectivity index (χ1) is 12.0. The van der Waals surface area contributed by atoms with Crippen molar-refractivity contribution in [2.45, 2.75) is 32.7 Å². The van der Waals surface area contributed by atoms with Gasteiger partial charge in [0, 0.05) is 25.2 Å². The topological polar surface area (TPSA) is 82.6 Å². The van der Waals surface area contributed by atoms with Crippen molar-refractivity contribution >= 4 is 40.0 Å². The maximum Gasteiger partial charge on any atom is 0.213 e. The number of guanidine groups is 1. The maximum absolute atomic E-state index is 13.6. The Bertz CT molecular complexity index is 681. The van der Waals surface area contributed by atoms with Crippen molar-refractivity contribution in [2.75, 3.05) is 25.4 Å². The average molecular weight is 498 g/mol. The van der Waals surface area contributed by atoms with Crippen LogP contribution in [0.25, 0.3) is 0 Å². The van der Waals surface area contributed by atoms with E-state index in [4.69, 9.17) is 0 Å². The molecule has 6 nitrogen and oxygen atoms in total. The van der Waals surface area contributed by atoms with Crippen molar-refractivity contribution in [1.29, 1.82) is 0 Å². The highest BCUT2D eigenvalue weighted by atomic mass is 127. The van der Waals surface area contributed by atoms with Crippen molar-refractivity contribution in [1.82, 2.24) is 15.4 Å². The van der Waals surface area contributed by atoms with Gasteiger partial charge in [0.25, 0.3) is 0 Å². The Balaban J connectivity index is 0.00000338. The molecule has 26 heavy (non-hydrogen) atoms. The van der Waals surface area contributed by atoms with Crippen molar-refractivity contribution in [3.05, 3.63) is 35.6 Å². The molecule has 0 aromatic heterocycles. The molecule has 0 heterocycles. The van der Waals surface area contributed by atoms with E-state index >= 15 is 0 Å². The van der Waals surface area contributed by atoms with Crippen molar-refractivity contribution in [3.63, 3.8) is 0 Å². The smallest absolute Gasteiger partial charge is 0.213 e. The van der Waals surface area contributed by atoms with Crippen molar-refractivity contribution in [2.24, 2.45) is 10.9 Å². The Morgan fingerprint density at radius 3 is 2.62 bits per heavy atom. The summed E-state index contributed by atoms with van der Waals surface area (Å²) < 4.78 is 40.2. The average Bonchev–Trinajstić information content (AvgIpc) is 2.52. The quantitative estimate of drug-likeness (QED) is 0.277. The van der Waals surface area contributed by atoms with Crippen LogP contribution in [-0.2, 0) is 16.6 Å². The van der Waals surface area contributed by atoms with E-state index in [9.17, 15) is 12.8 Å². The molecule has 0 unspecified atom stereocenters. The highest BCUT2D eigenvalue weighted by Gasteiger charge is 2.20. The third kappa shape index (κ3) is 8.17. The monoisotopic (exact) mass is 498 g/mol. The molecule has 0 amide bonds. The normalized spacial score (nSPS) is 15.1. The molecule has 1 fully saturated rings. The van der Waals surface area contributed by atoms with Crippen LogP contribution in [0.2, 0.25) is 0 Å². The standard InChI is InChI=1S/C17H27FN4O2S.HI/c1-2-19-17(21-13-15-8-3-4-9-16(15)18)20-10-11-25(23,24)22-12-14-6-5-7-14;/h3-4,8-9,14,22H,2,5-7,10-13H2,1H3,(H2,19,20,21);1H. The Morgan fingerprint density at radius 1 is 1.27 bits per heavy atom. The highest BCUT2D eigenvalue weighted by molar-refractivity contribution is 14.0. The van der Waals surface area contributed by atoms with Gasteiger partial charge in [0.15, 0.2) is 5.96 Å². The summed E-state index contributed by atoms with van der Waals surface area (Å²) in [5, 5.41) is 6.01. The molecule has 2 rings (SSSR count). The fraction of sp³-hybridized carbons (Fsp3) is 0.588. The summed E-state index contributed by atoms with van der Waals surface area (Å²) in [6.45, 7) is 3.51. The van der Waals surface area contributed by atoms with Gasteiger partial charge in [-0.1, -0.05) is 24.6 Å². The molecular weight excluding hydrogens is 470 g/mol. The Hall–Kier alpha value is -0.940. The molecule has 0 spiro atoms. The third-order valence-corrected chi connectivity index (χ3v) is 5.54. The van der Waals surface area contributed by atoms with Crippen LogP contribution in [0.1, 0.15) is 31.7 Å². The lowest BCUT2D eigenvalue weighted by Crippen LogP contribution is -2.42. The summed E-state index contributed by atoms with van der Waals surface area (Å²) in [5.41, 5.74) is 0.495. The molecule has 1 aromatic carbocycles. The molecule has 0 aliphatic heterocycles. The predicted molar refractivity (Wildman–Crippen MR) is 114 cm³/mol. The molecule has 1 saturated carbocycles. The first kappa shape index (κ1) is 23.1. The van der Waals surface area contributed by atoms with E-state index in [0.717, 1.165) is 12.8 Å². The zero-order valence-electron chi connectivity index (χ0n) is 15.0. The van der Waals surface area contributed by atoms with Gasteiger partial charge >= 0.3 is 0 Å². The molecule has 1 aromatic rings. The summed E-state index contributed by atoms with van der Waals surface area (Å²) in [7, 11) is -3.29.